The third-order valence-corrected chi connectivity index (χ3v) is 3.27. The minimum atomic E-state index is -4.54. The van der Waals surface area contributed by atoms with Crippen LogP contribution >= 0.6 is 11.6 Å². The summed E-state index contributed by atoms with van der Waals surface area (Å²) in [5, 5.41) is 2.32. The first-order chi connectivity index (χ1) is 11.0. The number of anilines is 1. The van der Waals surface area contributed by atoms with E-state index in [1.165, 1.54) is 4.90 Å². The number of alkyl halides is 3. The molecule has 24 heavy (non-hydrogen) atoms. The zero-order valence-corrected chi connectivity index (χ0v) is 14.0. The molecular weight excluding hydrogens is 347 g/mol. The lowest BCUT2D eigenvalue weighted by atomic mass is 10.2. The van der Waals surface area contributed by atoms with E-state index in [9.17, 15) is 22.8 Å². The second kappa shape index (κ2) is 8.34. The minimum absolute atomic E-state index is 0.0124. The van der Waals surface area contributed by atoms with Gasteiger partial charge in [0.1, 0.15) is 0 Å². The molecule has 134 valence electrons. The van der Waals surface area contributed by atoms with Crippen molar-refractivity contribution in [2.24, 2.45) is 11.7 Å². The number of nitrogens with two attached hydrogens (primary N) is 1. The zero-order chi connectivity index (χ0) is 18.5. The standard InChI is InChI=1S/C15H19ClF3N3O2/c1-9(2)6-22(7-13(20)23)8-14(24)21-12-5-10(15(17,18)19)3-4-11(12)16/h3-5,9H,6-8H2,1-2H3,(H2,20,23)(H,21,24). The van der Waals surface area contributed by atoms with Crippen molar-refractivity contribution in [3.8, 4) is 0 Å². The summed E-state index contributed by atoms with van der Waals surface area (Å²) in [5.74, 6) is -1.01. The van der Waals surface area contributed by atoms with Gasteiger partial charge >= 0.3 is 6.18 Å². The van der Waals surface area contributed by atoms with Gasteiger partial charge in [0.15, 0.2) is 0 Å². The Morgan fingerprint density at radius 3 is 2.42 bits per heavy atom. The van der Waals surface area contributed by atoms with Crippen LogP contribution in [0.25, 0.3) is 0 Å². The zero-order valence-electron chi connectivity index (χ0n) is 13.3. The molecule has 0 aliphatic heterocycles. The van der Waals surface area contributed by atoms with Crippen LogP contribution in [0.5, 0.6) is 0 Å². The first-order valence-corrected chi connectivity index (χ1v) is 7.54. The van der Waals surface area contributed by atoms with Gasteiger partial charge in [-0.05, 0) is 24.1 Å². The third-order valence-electron chi connectivity index (χ3n) is 2.94. The molecule has 0 aromatic heterocycles. The van der Waals surface area contributed by atoms with E-state index in [2.05, 4.69) is 5.32 Å². The average molecular weight is 366 g/mol. The van der Waals surface area contributed by atoms with E-state index in [4.69, 9.17) is 17.3 Å². The van der Waals surface area contributed by atoms with Crippen molar-refractivity contribution in [3.63, 3.8) is 0 Å². The molecule has 0 radical (unpaired) electrons. The largest absolute Gasteiger partial charge is 0.416 e. The van der Waals surface area contributed by atoms with Crippen molar-refractivity contribution in [1.29, 1.82) is 0 Å². The highest BCUT2D eigenvalue weighted by Gasteiger charge is 2.31. The Labute approximate surface area is 142 Å². The number of primary amides is 1. The summed E-state index contributed by atoms with van der Waals surface area (Å²) in [4.78, 5) is 24.6. The number of halogens is 4. The second-order valence-corrected chi connectivity index (χ2v) is 6.18. The maximum atomic E-state index is 12.7. The SMILES string of the molecule is CC(C)CN(CC(N)=O)CC(=O)Nc1cc(C(F)(F)F)ccc1Cl. The van der Waals surface area contributed by atoms with Crippen LogP contribution in [-0.4, -0.2) is 36.3 Å². The molecule has 0 aliphatic carbocycles. The topological polar surface area (TPSA) is 75.4 Å². The van der Waals surface area contributed by atoms with Gasteiger partial charge in [0.2, 0.25) is 11.8 Å². The molecule has 5 nitrogen and oxygen atoms in total. The fourth-order valence-electron chi connectivity index (χ4n) is 2.11. The van der Waals surface area contributed by atoms with Gasteiger partial charge in [0.05, 0.1) is 29.4 Å². The van der Waals surface area contributed by atoms with Gasteiger partial charge in [-0.1, -0.05) is 25.4 Å². The molecule has 0 fully saturated rings. The van der Waals surface area contributed by atoms with Crippen LogP contribution in [0.3, 0.4) is 0 Å². The number of rotatable bonds is 7. The molecule has 3 N–H and O–H groups in total. The van der Waals surface area contributed by atoms with Crippen LogP contribution in [0, 0.1) is 5.92 Å². The molecule has 0 spiro atoms. The van der Waals surface area contributed by atoms with E-state index in [-0.39, 0.29) is 29.7 Å². The minimum Gasteiger partial charge on any atom is -0.369 e. The van der Waals surface area contributed by atoms with Crippen molar-refractivity contribution in [2.45, 2.75) is 20.0 Å². The molecular formula is C15H19ClF3N3O2. The molecule has 1 aromatic rings. The average Bonchev–Trinajstić information content (AvgIpc) is 2.38. The van der Waals surface area contributed by atoms with E-state index in [0.29, 0.717) is 6.54 Å². The lowest BCUT2D eigenvalue weighted by molar-refractivity contribution is -0.137. The summed E-state index contributed by atoms with van der Waals surface area (Å²) in [6, 6.07) is 2.66. The highest BCUT2D eigenvalue weighted by molar-refractivity contribution is 6.33. The predicted molar refractivity (Wildman–Crippen MR) is 85.6 cm³/mol. The molecule has 0 saturated heterocycles. The Morgan fingerprint density at radius 2 is 1.92 bits per heavy atom. The van der Waals surface area contributed by atoms with E-state index in [1.54, 1.807) is 0 Å². The molecule has 1 aromatic carbocycles. The first-order valence-electron chi connectivity index (χ1n) is 7.16. The van der Waals surface area contributed by atoms with Crippen molar-refractivity contribution in [3.05, 3.63) is 28.8 Å². The summed E-state index contributed by atoms with van der Waals surface area (Å²) < 4.78 is 38.2. The summed E-state index contributed by atoms with van der Waals surface area (Å²) in [5.41, 5.74) is 4.07. The van der Waals surface area contributed by atoms with Crippen LogP contribution < -0.4 is 11.1 Å². The van der Waals surface area contributed by atoms with Crippen molar-refractivity contribution < 1.29 is 22.8 Å². The molecule has 0 unspecified atom stereocenters. The van der Waals surface area contributed by atoms with Crippen LogP contribution in [0.15, 0.2) is 18.2 Å². The van der Waals surface area contributed by atoms with Crippen LogP contribution in [0.2, 0.25) is 5.02 Å². The Kier molecular flexibility index (Phi) is 7.04. The highest BCUT2D eigenvalue weighted by Crippen LogP contribution is 2.33. The summed E-state index contributed by atoms with van der Waals surface area (Å²) >= 11 is 5.83. The molecule has 0 aliphatic rings. The lowest BCUT2D eigenvalue weighted by Crippen LogP contribution is -2.41. The number of nitrogens with zero attached hydrogens (tertiary/aromatic N) is 1. The Hall–Kier alpha value is -1.80. The number of hydrogen-bond donors (Lipinski definition) is 2. The van der Waals surface area contributed by atoms with Crippen molar-refractivity contribution in [1.82, 2.24) is 4.90 Å². The van der Waals surface area contributed by atoms with Crippen molar-refractivity contribution in [2.75, 3.05) is 25.0 Å². The molecule has 0 saturated carbocycles. The predicted octanol–water partition coefficient (Wildman–Crippen LogP) is 2.74. The normalized spacial score (nSPS) is 11.8. The monoisotopic (exact) mass is 365 g/mol. The Balaban J connectivity index is 2.84. The van der Waals surface area contributed by atoms with Gasteiger partial charge < -0.3 is 11.1 Å². The summed E-state index contributed by atoms with van der Waals surface area (Å²) in [6.07, 6.45) is -4.54. The van der Waals surface area contributed by atoms with E-state index in [0.717, 1.165) is 18.2 Å². The number of nitrogens with one attached hydrogen (secondary N) is 1. The van der Waals surface area contributed by atoms with Crippen molar-refractivity contribution >= 4 is 29.1 Å². The number of carbonyl (C=O) groups is 2. The van der Waals surface area contributed by atoms with E-state index < -0.39 is 23.6 Å². The number of benzene rings is 1. The van der Waals surface area contributed by atoms with Crippen LogP contribution in [-0.2, 0) is 15.8 Å². The highest BCUT2D eigenvalue weighted by atomic mass is 35.5. The van der Waals surface area contributed by atoms with Crippen LogP contribution in [0.1, 0.15) is 19.4 Å². The summed E-state index contributed by atoms with van der Waals surface area (Å²) in [7, 11) is 0. The smallest absolute Gasteiger partial charge is 0.369 e. The van der Waals surface area contributed by atoms with Gasteiger partial charge in [-0.2, -0.15) is 13.2 Å². The molecule has 0 atom stereocenters. The van der Waals surface area contributed by atoms with Gasteiger partial charge in [0.25, 0.3) is 0 Å². The fraction of sp³-hybridized carbons (Fsp3) is 0.467. The molecule has 2 amide bonds. The second-order valence-electron chi connectivity index (χ2n) is 5.77. The molecule has 0 bridgehead atoms. The van der Waals surface area contributed by atoms with Gasteiger partial charge in [-0.3, -0.25) is 14.5 Å². The van der Waals surface area contributed by atoms with Gasteiger partial charge in [0, 0.05) is 6.54 Å². The number of amides is 2. The van der Waals surface area contributed by atoms with Gasteiger partial charge in [-0.25, -0.2) is 0 Å². The Morgan fingerprint density at radius 1 is 1.29 bits per heavy atom. The maximum Gasteiger partial charge on any atom is 0.416 e. The molecule has 9 heteroatoms. The van der Waals surface area contributed by atoms with E-state index >= 15 is 0 Å². The lowest BCUT2D eigenvalue weighted by Gasteiger charge is -2.22. The number of carbonyl (C=O) groups excluding carboxylic acids is 2. The number of hydrogen-bond acceptors (Lipinski definition) is 3. The molecule has 1 rings (SSSR count). The van der Waals surface area contributed by atoms with Gasteiger partial charge in [-0.15, -0.1) is 0 Å². The quantitative estimate of drug-likeness (QED) is 0.780. The molecule has 0 heterocycles. The maximum absolute atomic E-state index is 12.7. The first kappa shape index (κ1) is 20.2. The summed E-state index contributed by atoms with van der Waals surface area (Å²) in [6.45, 7) is 3.92. The fourth-order valence-corrected chi connectivity index (χ4v) is 2.28. The third kappa shape index (κ3) is 6.76. The van der Waals surface area contributed by atoms with E-state index in [1.807, 2.05) is 13.8 Å². The Bertz CT molecular complexity index is 606. The van der Waals surface area contributed by atoms with Crippen LogP contribution in [0.4, 0.5) is 18.9 Å².